The second kappa shape index (κ2) is 5.62. The Morgan fingerprint density at radius 1 is 1.36 bits per heavy atom. The molecule has 1 rings (SSSR count). The third-order valence-corrected chi connectivity index (χ3v) is 2.55. The van der Waals surface area contributed by atoms with Crippen molar-refractivity contribution in [1.29, 1.82) is 0 Å². The Morgan fingerprint density at radius 3 is 2.36 bits per heavy atom. The van der Waals surface area contributed by atoms with Gasteiger partial charge in [0.15, 0.2) is 6.23 Å². The minimum absolute atomic E-state index is 0.0312. The van der Waals surface area contributed by atoms with Crippen LogP contribution < -0.4 is 0 Å². The Bertz CT molecular complexity index is 193. The topological polar surface area (TPSA) is 12.5 Å². The van der Waals surface area contributed by atoms with Crippen LogP contribution >= 0.6 is 11.6 Å². The van der Waals surface area contributed by atoms with E-state index in [9.17, 15) is 0 Å². The highest BCUT2D eigenvalue weighted by molar-refractivity contribution is 6.20. The summed E-state index contributed by atoms with van der Waals surface area (Å²) in [5.41, 5.74) is 1.17. The van der Waals surface area contributed by atoms with Gasteiger partial charge in [0, 0.05) is 13.1 Å². The molecule has 3 heteroatoms. The Labute approximate surface area is 91.9 Å². The lowest BCUT2D eigenvalue weighted by Crippen LogP contribution is -2.39. The fraction of sp³-hybridized carbons (Fsp3) is 0.818. The highest BCUT2D eigenvalue weighted by atomic mass is 35.5. The van der Waals surface area contributed by atoms with Crippen LogP contribution in [-0.2, 0) is 4.74 Å². The van der Waals surface area contributed by atoms with E-state index in [1.165, 1.54) is 18.4 Å². The molecule has 0 radical (unpaired) electrons. The molecule has 0 aliphatic carbocycles. The molecule has 1 fully saturated rings. The number of ether oxygens (including phenoxy) is 1. The number of hydrogen-bond donors (Lipinski definition) is 0. The van der Waals surface area contributed by atoms with Crippen LogP contribution in [0.25, 0.3) is 0 Å². The van der Waals surface area contributed by atoms with Gasteiger partial charge in [0.2, 0.25) is 0 Å². The molecule has 0 aromatic carbocycles. The van der Waals surface area contributed by atoms with E-state index in [0.29, 0.717) is 0 Å². The second-order valence-electron chi connectivity index (χ2n) is 4.14. The first-order chi connectivity index (χ1) is 6.61. The number of likely N-dealkylation sites (tertiary alicyclic amines) is 1. The second-order valence-corrected chi connectivity index (χ2v) is 4.83. The maximum absolute atomic E-state index is 6.11. The summed E-state index contributed by atoms with van der Waals surface area (Å²) in [6.07, 6.45) is 4.37. The summed E-state index contributed by atoms with van der Waals surface area (Å²) in [6, 6.07) is 0. The minimum Gasteiger partial charge on any atom is -0.481 e. The lowest BCUT2D eigenvalue weighted by Gasteiger charge is -2.28. The number of nitrogens with zero attached hydrogens (tertiary/aromatic N) is 1. The summed E-state index contributed by atoms with van der Waals surface area (Å²) in [5.74, 6) is 0. The van der Waals surface area contributed by atoms with Crippen molar-refractivity contribution in [3.8, 4) is 0 Å². The summed E-state index contributed by atoms with van der Waals surface area (Å²) in [4.78, 5) is 2.32. The van der Waals surface area contributed by atoms with Gasteiger partial charge < -0.3 is 4.74 Å². The average Bonchev–Trinajstić information content (AvgIpc) is 2.56. The molecular weight excluding hydrogens is 198 g/mol. The zero-order valence-corrected chi connectivity index (χ0v) is 10.0. The van der Waals surface area contributed by atoms with E-state index in [0.717, 1.165) is 13.1 Å². The van der Waals surface area contributed by atoms with Crippen LogP contribution in [0.5, 0.6) is 0 Å². The number of halogens is 1. The molecule has 0 aromatic rings. The van der Waals surface area contributed by atoms with Gasteiger partial charge in [0.05, 0.1) is 11.6 Å². The SMILES string of the molecule is CC(C)=COC(C(C)Cl)N1CCCC1. The third-order valence-electron chi connectivity index (χ3n) is 2.34. The molecule has 14 heavy (non-hydrogen) atoms. The number of hydrogen-bond acceptors (Lipinski definition) is 2. The molecule has 82 valence electrons. The van der Waals surface area contributed by atoms with Crippen molar-refractivity contribution < 1.29 is 4.74 Å². The lowest BCUT2D eigenvalue weighted by atomic mass is 10.3. The van der Waals surface area contributed by atoms with E-state index in [2.05, 4.69) is 4.90 Å². The molecule has 1 aliphatic rings. The first kappa shape index (κ1) is 11.9. The molecule has 0 N–H and O–H groups in total. The van der Waals surface area contributed by atoms with E-state index >= 15 is 0 Å². The smallest absolute Gasteiger partial charge is 0.167 e. The lowest BCUT2D eigenvalue weighted by molar-refractivity contribution is 0.00591. The van der Waals surface area contributed by atoms with Crippen LogP contribution in [0.3, 0.4) is 0 Å². The molecule has 0 spiro atoms. The summed E-state index contributed by atoms with van der Waals surface area (Å²) < 4.78 is 5.68. The first-order valence-corrected chi connectivity index (χ1v) is 5.72. The van der Waals surface area contributed by atoms with Crippen LogP contribution in [0, 0.1) is 0 Å². The van der Waals surface area contributed by atoms with E-state index in [-0.39, 0.29) is 11.6 Å². The van der Waals surface area contributed by atoms with Crippen molar-refractivity contribution in [2.24, 2.45) is 0 Å². The highest BCUT2D eigenvalue weighted by Gasteiger charge is 2.26. The normalized spacial score (nSPS) is 21.7. The average molecular weight is 218 g/mol. The van der Waals surface area contributed by atoms with Crippen molar-refractivity contribution in [3.63, 3.8) is 0 Å². The summed E-state index contributed by atoms with van der Waals surface area (Å²) in [7, 11) is 0. The minimum atomic E-state index is 0.0312. The predicted molar refractivity (Wildman–Crippen MR) is 60.4 cm³/mol. The van der Waals surface area contributed by atoms with E-state index in [1.54, 1.807) is 0 Å². The largest absolute Gasteiger partial charge is 0.481 e. The monoisotopic (exact) mass is 217 g/mol. The fourth-order valence-corrected chi connectivity index (χ4v) is 1.91. The molecule has 2 unspecified atom stereocenters. The van der Waals surface area contributed by atoms with Crippen LogP contribution in [-0.4, -0.2) is 29.6 Å². The Balaban J connectivity index is 2.50. The van der Waals surface area contributed by atoms with Gasteiger partial charge in [0.25, 0.3) is 0 Å². The van der Waals surface area contributed by atoms with Gasteiger partial charge in [-0.05, 0) is 39.2 Å². The number of allylic oxidation sites excluding steroid dienone is 1. The van der Waals surface area contributed by atoms with Crippen LogP contribution in [0.1, 0.15) is 33.6 Å². The van der Waals surface area contributed by atoms with Crippen molar-refractivity contribution in [2.45, 2.75) is 45.2 Å². The van der Waals surface area contributed by atoms with Crippen LogP contribution in [0.4, 0.5) is 0 Å². The Kier molecular flexibility index (Phi) is 4.76. The van der Waals surface area contributed by atoms with Crippen LogP contribution in [0.2, 0.25) is 0 Å². The van der Waals surface area contributed by atoms with E-state index in [1.807, 2.05) is 27.0 Å². The zero-order chi connectivity index (χ0) is 10.6. The van der Waals surface area contributed by atoms with E-state index in [4.69, 9.17) is 16.3 Å². The van der Waals surface area contributed by atoms with Gasteiger partial charge in [-0.25, -0.2) is 0 Å². The predicted octanol–water partition coefficient (Wildman–Crippen LogP) is 2.98. The molecule has 2 atom stereocenters. The molecule has 1 heterocycles. The molecule has 0 aromatic heterocycles. The molecular formula is C11H20ClNO. The Hall–Kier alpha value is -0.210. The zero-order valence-electron chi connectivity index (χ0n) is 9.29. The molecule has 1 saturated heterocycles. The molecule has 0 bridgehead atoms. The van der Waals surface area contributed by atoms with Gasteiger partial charge in [-0.2, -0.15) is 0 Å². The van der Waals surface area contributed by atoms with Gasteiger partial charge in [-0.1, -0.05) is 0 Å². The summed E-state index contributed by atoms with van der Waals surface area (Å²) in [5, 5.41) is 0.0312. The van der Waals surface area contributed by atoms with Gasteiger partial charge in [0.1, 0.15) is 0 Å². The first-order valence-electron chi connectivity index (χ1n) is 5.28. The Morgan fingerprint density at radius 2 is 1.93 bits per heavy atom. The maximum Gasteiger partial charge on any atom is 0.167 e. The van der Waals surface area contributed by atoms with Gasteiger partial charge in [-0.15, -0.1) is 11.6 Å². The van der Waals surface area contributed by atoms with Crippen molar-refractivity contribution in [3.05, 3.63) is 11.8 Å². The third kappa shape index (κ3) is 3.50. The molecule has 0 amide bonds. The summed E-state index contributed by atoms with van der Waals surface area (Å²) >= 11 is 6.11. The van der Waals surface area contributed by atoms with Crippen molar-refractivity contribution in [1.82, 2.24) is 4.90 Å². The molecule has 2 nitrogen and oxygen atoms in total. The fourth-order valence-electron chi connectivity index (χ4n) is 1.69. The van der Waals surface area contributed by atoms with Crippen molar-refractivity contribution >= 4 is 11.6 Å². The summed E-state index contributed by atoms with van der Waals surface area (Å²) in [6.45, 7) is 8.26. The van der Waals surface area contributed by atoms with E-state index < -0.39 is 0 Å². The number of rotatable bonds is 4. The van der Waals surface area contributed by atoms with Crippen LogP contribution in [0.15, 0.2) is 11.8 Å². The molecule has 0 saturated carbocycles. The standard InChI is InChI=1S/C11H20ClNO/c1-9(2)8-14-11(10(3)12)13-6-4-5-7-13/h8,10-11H,4-7H2,1-3H3. The highest BCUT2D eigenvalue weighted by Crippen LogP contribution is 2.18. The quantitative estimate of drug-likeness (QED) is 0.530. The molecule has 1 aliphatic heterocycles. The maximum atomic E-state index is 6.11. The van der Waals surface area contributed by atoms with Gasteiger partial charge in [-0.3, -0.25) is 4.90 Å². The number of alkyl halides is 1. The van der Waals surface area contributed by atoms with Gasteiger partial charge >= 0.3 is 0 Å². The van der Waals surface area contributed by atoms with Crippen molar-refractivity contribution in [2.75, 3.05) is 13.1 Å².